The number of rotatable bonds is 3. The minimum Gasteiger partial charge on any atom is -0.384 e. The van der Waals surface area contributed by atoms with E-state index >= 15 is 0 Å². The second kappa shape index (κ2) is 5.51. The molecule has 0 bridgehead atoms. The van der Waals surface area contributed by atoms with E-state index in [-0.39, 0.29) is 5.82 Å². The van der Waals surface area contributed by atoms with Crippen molar-refractivity contribution in [2.75, 3.05) is 25.0 Å². The van der Waals surface area contributed by atoms with E-state index in [9.17, 15) is 4.39 Å². The van der Waals surface area contributed by atoms with E-state index in [1.165, 1.54) is 25.0 Å². The number of hydrogen-bond donors (Lipinski definition) is 2. The Morgan fingerprint density at radius 3 is 3.06 bits per heavy atom. The van der Waals surface area contributed by atoms with Crippen molar-refractivity contribution in [1.29, 1.82) is 0 Å². The summed E-state index contributed by atoms with van der Waals surface area (Å²) in [5.41, 5.74) is 0.814. The molecule has 0 amide bonds. The van der Waals surface area contributed by atoms with Crippen molar-refractivity contribution in [3.63, 3.8) is 0 Å². The molecule has 2 nitrogen and oxygen atoms in total. The van der Waals surface area contributed by atoms with E-state index < -0.39 is 0 Å². The first-order chi connectivity index (χ1) is 7.75. The van der Waals surface area contributed by atoms with Crippen LogP contribution < -0.4 is 10.6 Å². The molecule has 0 saturated carbocycles. The zero-order valence-electron chi connectivity index (χ0n) is 9.10. The third-order valence-corrected chi connectivity index (χ3v) is 3.22. The van der Waals surface area contributed by atoms with E-state index in [4.69, 9.17) is 11.6 Å². The van der Waals surface area contributed by atoms with Gasteiger partial charge in [-0.25, -0.2) is 4.39 Å². The van der Waals surface area contributed by atoms with Gasteiger partial charge in [-0.1, -0.05) is 11.6 Å². The van der Waals surface area contributed by atoms with Gasteiger partial charge in [-0.3, -0.25) is 0 Å². The van der Waals surface area contributed by atoms with Crippen molar-refractivity contribution < 1.29 is 4.39 Å². The maximum Gasteiger partial charge on any atom is 0.124 e. The lowest BCUT2D eigenvalue weighted by atomic mass is 10.00. The summed E-state index contributed by atoms with van der Waals surface area (Å²) in [5, 5.41) is 7.08. The van der Waals surface area contributed by atoms with Crippen LogP contribution in [0.15, 0.2) is 18.2 Å². The molecule has 0 radical (unpaired) electrons. The van der Waals surface area contributed by atoms with Crippen molar-refractivity contribution in [3.8, 4) is 0 Å². The van der Waals surface area contributed by atoms with Gasteiger partial charge in [0.1, 0.15) is 5.82 Å². The molecule has 1 aliphatic rings. The molecule has 1 saturated heterocycles. The first kappa shape index (κ1) is 11.7. The molecule has 1 atom stereocenters. The molecule has 88 valence electrons. The Bertz CT molecular complexity index is 351. The summed E-state index contributed by atoms with van der Waals surface area (Å²) >= 11 is 5.93. The highest BCUT2D eigenvalue weighted by Crippen LogP contribution is 2.23. The average molecular weight is 243 g/mol. The van der Waals surface area contributed by atoms with Crippen molar-refractivity contribution >= 4 is 17.3 Å². The summed E-state index contributed by atoms with van der Waals surface area (Å²) < 4.78 is 12.8. The highest BCUT2D eigenvalue weighted by atomic mass is 35.5. The fourth-order valence-corrected chi connectivity index (χ4v) is 2.22. The zero-order chi connectivity index (χ0) is 11.4. The largest absolute Gasteiger partial charge is 0.384 e. The van der Waals surface area contributed by atoms with Crippen LogP contribution in [0.4, 0.5) is 10.1 Å². The highest BCUT2D eigenvalue weighted by molar-refractivity contribution is 6.33. The number of piperidine rings is 1. The third-order valence-electron chi connectivity index (χ3n) is 2.91. The van der Waals surface area contributed by atoms with Crippen LogP contribution in [0.1, 0.15) is 12.8 Å². The quantitative estimate of drug-likeness (QED) is 0.852. The van der Waals surface area contributed by atoms with Crippen molar-refractivity contribution in [2.45, 2.75) is 12.8 Å². The van der Waals surface area contributed by atoms with Gasteiger partial charge in [0.2, 0.25) is 0 Å². The highest BCUT2D eigenvalue weighted by Gasteiger charge is 2.12. The zero-order valence-corrected chi connectivity index (χ0v) is 9.86. The van der Waals surface area contributed by atoms with E-state index in [2.05, 4.69) is 10.6 Å². The molecule has 2 rings (SSSR count). The number of anilines is 1. The van der Waals surface area contributed by atoms with E-state index in [1.54, 1.807) is 6.07 Å². The van der Waals surface area contributed by atoms with Crippen LogP contribution in [0.3, 0.4) is 0 Å². The molecule has 1 unspecified atom stereocenters. The summed E-state index contributed by atoms with van der Waals surface area (Å²) in [6.07, 6.45) is 2.46. The van der Waals surface area contributed by atoms with Crippen LogP contribution in [0, 0.1) is 11.7 Å². The van der Waals surface area contributed by atoms with Gasteiger partial charge >= 0.3 is 0 Å². The molecular weight excluding hydrogens is 227 g/mol. The van der Waals surface area contributed by atoms with Crippen LogP contribution >= 0.6 is 11.6 Å². The summed E-state index contributed by atoms with van der Waals surface area (Å²) in [6.45, 7) is 3.05. The monoisotopic (exact) mass is 242 g/mol. The second-order valence-corrected chi connectivity index (χ2v) is 4.62. The molecule has 1 heterocycles. The predicted octanol–water partition coefficient (Wildman–Crippen LogP) is 2.89. The lowest BCUT2D eigenvalue weighted by Gasteiger charge is -2.23. The van der Waals surface area contributed by atoms with Crippen LogP contribution in [-0.4, -0.2) is 19.6 Å². The summed E-state index contributed by atoms with van der Waals surface area (Å²) in [4.78, 5) is 0. The molecule has 0 aliphatic carbocycles. The van der Waals surface area contributed by atoms with Gasteiger partial charge in [0.05, 0.1) is 10.7 Å². The fraction of sp³-hybridized carbons (Fsp3) is 0.500. The molecule has 0 aromatic heterocycles. The summed E-state index contributed by atoms with van der Waals surface area (Å²) in [6, 6.07) is 4.45. The molecule has 1 aliphatic heterocycles. The number of halogens is 2. The second-order valence-electron chi connectivity index (χ2n) is 4.22. The minimum absolute atomic E-state index is 0.296. The summed E-state index contributed by atoms with van der Waals surface area (Å²) in [7, 11) is 0. The topological polar surface area (TPSA) is 24.1 Å². The van der Waals surface area contributed by atoms with Gasteiger partial charge in [-0.15, -0.1) is 0 Å². The standard InChI is InChI=1S/C12H16ClFN2/c13-11-6-10(14)3-4-12(11)16-8-9-2-1-5-15-7-9/h3-4,6,9,15-16H,1-2,5,7-8H2. The van der Waals surface area contributed by atoms with Crippen molar-refractivity contribution in [2.24, 2.45) is 5.92 Å². The Balaban J connectivity index is 1.88. The van der Waals surface area contributed by atoms with Gasteiger partial charge in [0.15, 0.2) is 0 Å². The Kier molecular flexibility index (Phi) is 4.02. The Labute approximate surface area is 100 Å². The van der Waals surface area contributed by atoms with Gasteiger partial charge in [0, 0.05) is 6.54 Å². The van der Waals surface area contributed by atoms with Gasteiger partial charge < -0.3 is 10.6 Å². The molecule has 4 heteroatoms. The number of benzene rings is 1. The average Bonchev–Trinajstić information content (AvgIpc) is 2.29. The molecule has 2 N–H and O–H groups in total. The van der Waals surface area contributed by atoms with Crippen LogP contribution in [0.25, 0.3) is 0 Å². The van der Waals surface area contributed by atoms with Crippen molar-refractivity contribution in [3.05, 3.63) is 29.0 Å². The fourth-order valence-electron chi connectivity index (χ4n) is 1.99. The van der Waals surface area contributed by atoms with Gasteiger partial charge in [-0.2, -0.15) is 0 Å². The van der Waals surface area contributed by atoms with E-state index in [0.29, 0.717) is 10.9 Å². The maximum absolute atomic E-state index is 12.8. The van der Waals surface area contributed by atoms with Crippen LogP contribution in [0.2, 0.25) is 5.02 Å². The molecule has 1 aromatic rings. The Morgan fingerprint density at radius 2 is 2.38 bits per heavy atom. The Morgan fingerprint density at radius 1 is 1.50 bits per heavy atom. The SMILES string of the molecule is Fc1ccc(NCC2CCCNC2)c(Cl)c1. The van der Waals surface area contributed by atoms with E-state index in [1.807, 2.05) is 0 Å². The number of nitrogens with one attached hydrogen (secondary N) is 2. The van der Waals surface area contributed by atoms with Crippen molar-refractivity contribution in [1.82, 2.24) is 5.32 Å². The molecule has 1 aromatic carbocycles. The smallest absolute Gasteiger partial charge is 0.124 e. The minimum atomic E-state index is -0.296. The van der Waals surface area contributed by atoms with Gasteiger partial charge in [0.25, 0.3) is 0 Å². The van der Waals surface area contributed by atoms with E-state index in [0.717, 1.165) is 25.3 Å². The normalized spacial score (nSPS) is 20.8. The lowest BCUT2D eigenvalue weighted by Crippen LogP contribution is -2.33. The molecule has 0 spiro atoms. The maximum atomic E-state index is 12.8. The predicted molar refractivity (Wildman–Crippen MR) is 65.5 cm³/mol. The van der Waals surface area contributed by atoms with Gasteiger partial charge in [-0.05, 0) is 50.0 Å². The summed E-state index contributed by atoms with van der Waals surface area (Å²) in [5.74, 6) is 0.338. The first-order valence-electron chi connectivity index (χ1n) is 5.65. The third kappa shape index (κ3) is 3.09. The van der Waals surface area contributed by atoms with Crippen LogP contribution in [0.5, 0.6) is 0 Å². The van der Waals surface area contributed by atoms with Crippen LogP contribution in [-0.2, 0) is 0 Å². The molecular formula is C12H16ClFN2. The number of hydrogen-bond acceptors (Lipinski definition) is 2. The first-order valence-corrected chi connectivity index (χ1v) is 6.03. The molecule has 16 heavy (non-hydrogen) atoms. The lowest BCUT2D eigenvalue weighted by molar-refractivity contribution is 0.393. The molecule has 1 fully saturated rings. The Hall–Kier alpha value is -0.800.